The normalized spacial score (nSPS) is 29.9. The Kier molecular flexibility index (Phi) is 41.5. The van der Waals surface area contributed by atoms with Gasteiger partial charge < -0.3 is 89.9 Å². The van der Waals surface area contributed by atoms with Crippen molar-refractivity contribution in [2.24, 2.45) is 0 Å². The first-order valence-corrected chi connectivity index (χ1v) is 31.9. The number of allylic oxidation sites excluding steroid dienone is 8. The van der Waals surface area contributed by atoms with Crippen molar-refractivity contribution in [1.29, 1.82) is 0 Å². The van der Waals surface area contributed by atoms with Crippen LogP contribution in [0.3, 0.4) is 0 Å². The average molecular weight is 1170 g/mol. The summed E-state index contributed by atoms with van der Waals surface area (Å²) in [6.07, 6.45) is 24.7. The van der Waals surface area contributed by atoms with Gasteiger partial charge in [-0.2, -0.15) is 0 Å². The van der Waals surface area contributed by atoms with Crippen LogP contribution in [-0.4, -0.2) is 193 Å². The fourth-order valence-electron chi connectivity index (χ4n) is 10.7. The van der Waals surface area contributed by atoms with Gasteiger partial charge in [0.15, 0.2) is 18.9 Å². The Labute approximate surface area is 491 Å². The van der Waals surface area contributed by atoms with E-state index in [1.165, 1.54) is 103 Å². The first-order chi connectivity index (χ1) is 39.8. The summed E-state index contributed by atoms with van der Waals surface area (Å²) in [5.41, 5.74) is 0. The molecule has 19 nitrogen and oxygen atoms in total. The minimum atomic E-state index is -1.98. The Bertz CT molecular complexity index is 1680. The topological polar surface area (TPSA) is 307 Å². The molecule has 3 saturated heterocycles. The molecule has 82 heavy (non-hydrogen) atoms. The molecule has 0 saturated carbocycles. The molecule has 17 atom stereocenters. The molecule has 0 aromatic heterocycles. The van der Waals surface area contributed by atoms with Gasteiger partial charge in [0.2, 0.25) is 5.91 Å². The predicted molar refractivity (Wildman–Crippen MR) is 314 cm³/mol. The predicted octanol–water partition coefficient (Wildman–Crippen LogP) is 6.65. The van der Waals surface area contributed by atoms with Crippen LogP contribution in [0.5, 0.6) is 0 Å². The third-order valence-corrected chi connectivity index (χ3v) is 15.9. The van der Waals surface area contributed by atoms with Crippen molar-refractivity contribution < 1.29 is 89.4 Å². The van der Waals surface area contributed by atoms with Crippen LogP contribution in [0.1, 0.15) is 213 Å². The quantitative estimate of drug-likeness (QED) is 0.0224. The minimum absolute atomic E-state index is 0.237. The molecule has 0 aromatic carbocycles. The summed E-state index contributed by atoms with van der Waals surface area (Å²) in [6.45, 7) is 1.66. The number of carbonyl (C=O) groups is 1. The van der Waals surface area contributed by atoms with Crippen LogP contribution in [0.15, 0.2) is 48.6 Å². The molecule has 19 heteroatoms. The van der Waals surface area contributed by atoms with E-state index in [2.05, 4.69) is 67.8 Å². The third kappa shape index (κ3) is 29.0. The highest BCUT2D eigenvalue weighted by Crippen LogP contribution is 2.33. The van der Waals surface area contributed by atoms with E-state index in [-0.39, 0.29) is 18.9 Å². The van der Waals surface area contributed by atoms with E-state index in [0.717, 1.165) is 77.0 Å². The number of aliphatic hydroxyl groups excluding tert-OH is 11. The van der Waals surface area contributed by atoms with Gasteiger partial charge >= 0.3 is 0 Å². The Balaban J connectivity index is 1.48. The van der Waals surface area contributed by atoms with Gasteiger partial charge in [0, 0.05) is 6.42 Å². The molecule has 17 unspecified atom stereocenters. The molecule has 3 aliphatic heterocycles. The smallest absolute Gasteiger partial charge is 0.220 e. The molecule has 3 rings (SSSR count). The van der Waals surface area contributed by atoms with E-state index in [4.69, 9.17) is 28.4 Å². The second-order valence-electron chi connectivity index (χ2n) is 22.8. The lowest BCUT2D eigenvalue weighted by Gasteiger charge is -2.48. The molecule has 0 radical (unpaired) electrons. The van der Waals surface area contributed by atoms with Crippen LogP contribution in [0.25, 0.3) is 0 Å². The number of aliphatic hydroxyl groups is 11. The van der Waals surface area contributed by atoms with Gasteiger partial charge in [-0.05, 0) is 51.4 Å². The molecule has 0 aliphatic carbocycles. The molecule has 3 heterocycles. The van der Waals surface area contributed by atoms with Crippen molar-refractivity contribution in [2.45, 2.75) is 317 Å². The minimum Gasteiger partial charge on any atom is -0.394 e. The molecule has 478 valence electrons. The number of ether oxygens (including phenoxy) is 6. The van der Waals surface area contributed by atoms with E-state index in [0.29, 0.717) is 12.8 Å². The van der Waals surface area contributed by atoms with Crippen LogP contribution in [-0.2, 0) is 33.2 Å². The van der Waals surface area contributed by atoms with Gasteiger partial charge in [0.1, 0.15) is 73.2 Å². The number of nitrogens with one attached hydrogen (secondary N) is 1. The second-order valence-corrected chi connectivity index (χ2v) is 22.8. The van der Waals surface area contributed by atoms with Gasteiger partial charge in [-0.3, -0.25) is 4.79 Å². The van der Waals surface area contributed by atoms with Crippen molar-refractivity contribution in [3.63, 3.8) is 0 Å². The van der Waals surface area contributed by atoms with Crippen LogP contribution in [0.4, 0.5) is 0 Å². The van der Waals surface area contributed by atoms with E-state index in [1.54, 1.807) is 0 Å². The molecule has 0 bridgehead atoms. The Hall–Kier alpha value is -2.25. The van der Waals surface area contributed by atoms with Gasteiger partial charge in [0.25, 0.3) is 0 Å². The molecule has 3 fully saturated rings. The van der Waals surface area contributed by atoms with Crippen LogP contribution in [0, 0.1) is 0 Å². The number of unbranched alkanes of at least 4 members (excludes halogenated alkanes) is 23. The van der Waals surface area contributed by atoms with Crippen LogP contribution in [0.2, 0.25) is 0 Å². The molecular formula is C63H113NO18. The summed E-state index contributed by atoms with van der Waals surface area (Å²) in [6, 6.07) is -0.902. The van der Waals surface area contributed by atoms with Crippen LogP contribution >= 0.6 is 0 Å². The molecule has 0 spiro atoms. The summed E-state index contributed by atoms with van der Waals surface area (Å²) in [7, 11) is 0. The zero-order valence-corrected chi connectivity index (χ0v) is 50.0. The number of hydrogen-bond donors (Lipinski definition) is 12. The first kappa shape index (κ1) is 74.0. The lowest BCUT2D eigenvalue weighted by Crippen LogP contribution is -2.66. The lowest BCUT2D eigenvalue weighted by atomic mass is 9.96. The van der Waals surface area contributed by atoms with E-state index in [9.17, 15) is 61.0 Å². The highest BCUT2D eigenvalue weighted by Gasteiger charge is 2.53. The van der Waals surface area contributed by atoms with Crippen molar-refractivity contribution in [3.8, 4) is 0 Å². The Morgan fingerprint density at radius 2 is 0.841 bits per heavy atom. The zero-order chi connectivity index (χ0) is 59.7. The Morgan fingerprint density at radius 1 is 0.451 bits per heavy atom. The number of amides is 1. The Morgan fingerprint density at radius 3 is 1.32 bits per heavy atom. The fraction of sp³-hybridized carbons (Fsp3) is 0.857. The number of carbonyl (C=O) groups excluding carboxylic acids is 1. The monoisotopic (exact) mass is 1170 g/mol. The van der Waals surface area contributed by atoms with Gasteiger partial charge in [-0.15, -0.1) is 0 Å². The lowest BCUT2D eigenvalue weighted by molar-refractivity contribution is -0.379. The van der Waals surface area contributed by atoms with Crippen molar-refractivity contribution in [2.75, 3.05) is 26.4 Å². The number of rotatable bonds is 47. The summed E-state index contributed by atoms with van der Waals surface area (Å²) < 4.78 is 34.3. The summed E-state index contributed by atoms with van der Waals surface area (Å²) >= 11 is 0. The summed E-state index contributed by atoms with van der Waals surface area (Å²) in [5.74, 6) is -0.266. The zero-order valence-electron chi connectivity index (χ0n) is 50.0. The first-order valence-electron chi connectivity index (χ1n) is 31.9. The summed E-state index contributed by atoms with van der Waals surface area (Å²) in [4.78, 5) is 13.4. The van der Waals surface area contributed by atoms with Crippen molar-refractivity contribution in [1.82, 2.24) is 5.32 Å². The maximum atomic E-state index is 13.4. The van der Waals surface area contributed by atoms with Crippen LogP contribution < -0.4 is 5.32 Å². The average Bonchev–Trinajstić information content (AvgIpc) is 3.39. The van der Waals surface area contributed by atoms with E-state index >= 15 is 0 Å². The molecular weight excluding hydrogens is 1060 g/mol. The number of hydrogen-bond acceptors (Lipinski definition) is 18. The molecule has 12 N–H and O–H groups in total. The highest BCUT2D eigenvalue weighted by molar-refractivity contribution is 5.76. The second kappa shape index (κ2) is 46.0. The largest absolute Gasteiger partial charge is 0.394 e. The summed E-state index contributed by atoms with van der Waals surface area (Å²) in [5, 5.41) is 120. The van der Waals surface area contributed by atoms with Gasteiger partial charge in [-0.1, -0.05) is 204 Å². The van der Waals surface area contributed by atoms with E-state index in [1.807, 2.05) is 0 Å². The maximum Gasteiger partial charge on any atom is 0.220 e. The highest BCUT2D eigenvalue weighted by atomic mass is 16.8. The van der Waals surface area contributed by atoms with Crippen molar-refractivity contribution >= 4 is 5.91 Å². The van der Waals surface area contributed by atoms with Crippen molar-refractivity contribution in [3.05, 3.63) is 48.6 Å². The fourth-order valence-corrected chi connectivity index (χ4v) is 10.7. The molecule has 0 aromatic rings. The van der Waals surface area contributed by atoms with Gasteiger partial charge in [0.05, 0.1) is 38.6 Å². The SMILES string of the molecule is CC/C=C\C/C=C\C/C=C\C/C=C\CCCCCCC(=O)NC(COC1OC(CO)C(OC2OC(CO)C(OC3OC(CO)C(O)C(O)C3O)C(O)C2O)C(O)C1O)C(O)CCCCCCCCCCCCCCCCCCCCCC. The third-order valence-electron chi connectivity index (χ3n) is 15.9. The molecule has 1 amide bonds. The maximum absolute atomic E-state index is 13.4. The standard InChI is InChI=1S/C63H113NO18/c1-3-5-7-9-11-13-15-17-19-21-22-23-25-26-28-30-32-34-36-38-40-47(68)46(64-51(69)41-39-37-35-33-31-29-27-24-20-18-16-14-12-10-8-6-4-2)45-77-61-57(75)54(72)59(49(43-66)79-61)82-63-58(76)55(73)60(50(44-67)80-63)81-62-56(74)53(71)52(70)48(42-65)78-62/h6,8,12,14,18,20,27,29,46-50,52-63,65-68,70-76H,3-5,7,9-11,13,15-17,19,21-26,28,30-45H2,1-2H3,(H,64,69)/b8-6-,14-12-,20-18-,29-27-. The van der Waals surface area contributed by atoms with E-state index < -0.39 is 124 Å². The van der Waals surface area contributed by atoms with Gasteiger partial charge in [-0.25, -0.2) is 0 Å². The molecule has 3 aliphatic rings.